The van der Waals surface area contributed by atoms with Crippen LogP contribution in [0.1, 0.15) is 44.0 Å². The van der Waals surface area contributed by atoms with E-state index in [1.54, 1.807) is 0 Å². The molecule has 2 heterocycles. The number of hydrogen-bond donors (Lipinski definition) is 1. The number of guanidine groups is 1. The third-order valence-corrected chi connectivity index (χ3v) is 4.07. The normalized spacial score (nSPS) is 14.3. The van der Waals surface area contributed by atoms with Crippen LogP contribution in [0.5, 0.6) is 0 Å². The Kier molecular flexibility index (Phi) is 5.13. The number of rotatable bonds is 5. The maximum atomic E-state index is 5.29. The zero-order valence-electron chi connectivity index (χ0n) is 14.6. The highest BCUT2D eigenvalue weighted by molar-refractivity contribution is 5.97. The number of para-hydroxylation sites is 1. The molecule has 128 valence electrons. The van der Waals surface area contributed by atoms with Gasteiger partial charge >= 0.3 is 0 Å². The molecule has 24 heavy (non-hydrogen) atoms. The first-order chi connectivity index (χ1) is 11.7. The van der Waals surface area contributed by atoms with Crippen LogP contribution in [0.3, 0.4) is 0 Å². The van der Waals surface area contributed by atoms with E-state index >= 15 is 0 Å². The van der Waals surface area contributed by atoms with Crippen molar-refractivity contribution in [2.75, 3.05) is 24.5 Å². The van der Waals surface area contributed by atoms with Crippen molar-refractivity contribution in [1.29, 1.82) is 0 Å². The van der Waals surface area contributed by atoms with Gasteiger partial charge in [-0.1, -0.05) is 37.2 Å². The minimum absolute atomic E-state index is 0.282. The lowest BCUT2D eigenvalue weighted by Gasteiger charge is -2.22. The molecule has 0 unspecified atom stereocenters. The van der Waals surface area contributed by atoms with Crippen molar-refractivity contribution in [3.63, 3.8) is 0 Å². The molecule has 1 aliphatic heterocycles. The summed E-state index contributed by atoms with van der Waals surface area (Å²) < 4.78 is 5.29. The van der Waals surface area contributed by atoms with Crippen molar-refractivity contribution in [3.8, 4) is 0 Å². The molecule has 1 N–H and O–H groups in total. The minimum Gasteiger partial charge on any atom is -0.356 e. The smallest absolute Gasteiger partial charge is 0.228 e. The molecule has 0 saturated heterocycles. The number of nitrogens with one attached hydrogen (secondary N) is 1. The van der Waals surface area contributed by atoms with Crippen LogP contribution in [0.2, 0.25) is 0 Å². The summed E-state index contributed by atoms with van der Waals surface area (Å²) in [5.74, 6) is 2.62. The number of nitrogens with zero attached hydrogens (tertiary/aromatic N) is 4. The number of aromatic nitrogens is 2. The second-order valence-corrected chi connectivity index (χ2v) is 6.22. The lowest BCUT2D eigenvalue weighted by Crippen LogP contribution is -2.40. The molecule has 0 saturated carbocycles. The van der Waals surface area contributed by atoms with E-state index in [1.807, 2.05) is 0 Å². The molecule has 0 atom stereocenters. The van der Waals surface area contributed by atoms with Crippen molar-refractivity contribution < 1.29 is 4.52 Å². The average Bonchev–Trinajstić information content (AvgIpc) is 3.21. The van der Waals surface area contributed by atoms with E-state index in [1.165, 1.54) is 11.3 Å². The van der Waals surface area contributed by atoms with Crippen molar-refractivity contribution in [3.05, 3.63) is 41.5 Å². The van der Waals surface area contributed by atoms with Crippen LogP contribution >= 0.6 is 0 Å². The topological polar surface area (TPSA) is 66.5 Å². The molecular formula is C18H25N5O. The standard InChI is InChI=1S/C18H25N5O/c1-4-19-18(23-12-10-14-7-5-6-8-15(14)23)20-11-9-16-21-17(13(2)3)22-24-16/h5-8,13H,4,9-12H2,1-3H3,(H,19,20). The Hall–Kier alpha value is -2.37. The van der Waals surface area contributed by atoms with Gasteiger partial charge in [0, 0.05) is 31.1 Å². The third kappa shape index (κ3) is 3.58. The zero-order valence-corrected chi connectivity index (χ0v) is 14.6. The van der Waals surface area contributed by atoms with Crippen LogP contribution in [0.15, 0.2) is 33.8 Å². The number of anilines is 1. The summed E-state index contributed by atoms with van der Waals surface area (Å²) in [5, 5.41) is 7.38. The SMILES string of the molecule is CCNC(=NCCc1nc(C(C)C)no1)N1CCc2ccccc21. The van der Waals surface area contributed by atoms with Gasteiger partial charge in [-0.15, -0.1) is 0 Å². The molecule has 0 fully saturated rings. The van der Waals surface area contributed by atoms with Crippen molar-refractivity contribution in [2.45, 2.75) is 39.5 Å². The van der Waals surface area contributed by atoms with E-state index in [9.17, 15) is 0 Å². The monoisotopic (exact) mass is 327 g/mol. The van der Waals surface area contributed by atoms with Gasteiger partial charge < -0.3 is 14.7 Å². The highest BCUT2D eigenvalue weighted by Crippen LogP contribution is 2.27. The predicted molar refractivity (Wildman–Crippen MR) is 95.6 cm³/mol. The Morgan fingerprint density at radius 2 is 2.21 bits per heavy atom. The molecule has 1 aromatic heterocycles. The molecule has 3 rings (SSSR count). The lowest BCUT2D eigenvalue weighted by atomic mass is 10.2. The molecule has 0 bridgehead atoms. The summed E-state index contributed by atoms with van der Waals surface area (Å²) in [6.07, 6.45) is 1.71. The van der Waals surface area contributed by atoms with Crippen LogP contribution in [-0.2, 0) is 12.8 Å². The zero-order chi connectivity index (χ0) is 16.9. The molecule has 1 aliphatic rings. The summed E-state index contributed by atoms with van der Waals surface area (Å²) >= 11 is 0. The van der Waals surface area contributed by atoms with Gasteiger partial charge in [-0.3, -0.25) is 4.99 Å². The third-order valence-electron chi connectivity index (χ3n) is 4.07. The van der Waals surface area contributed by atoms with Gasteiger partial charge in [0.25, 0.3) is 0 Å². The van der Waals surface area contributed by atoms with E-state index in [2.05, 4.69) is 65.4 Å². The number of fused-ring (bicyclic) bond motifs is 1. The van der Waals surface area contributed by atoms with Gasteiger partial charge in [0.2, 0.25) is 5.89 Å². The van der Waals surface area contributed by atoms with Gasteiger partial charge in [-0.25, -0.2) is 0 Å². The van der Waals surface area contributed by atoms with E-state index < -0.39 is 0 Å². The Bertz CT molecular complexity index is 707. The van der Waals surface area contributed by atoms with Gasteiger partial charge in [-0.2, -0.15) is 4.98 Å². The average molecular weight is 327 g/mol. The molecule has 6 nitrogen and oxygen atoms in total. The first kappa shape index (κ1) is 16.5. The molecule has 1 aromatic carbocycles. The fraction of sp³-hybridized carbons (Fsp3) is 0.500. The lowest BCUT2D eigenvalue weighted by molar-refractivity contribution is 0.372. The Morgan fingerprint density at radius 3 is 2.96 bits per heavy atom. The predicted octanol–water partition coefficient (Wildman–Crippen LogP) is 2.76. The van der Waals surface area contributed by atoms with Gasteiger partial charge in [-0.05, 0) is 25.0 Å². The van der Waals surface area contributed by atoms with Crippen molar-refractivity contribution >= 4 is 11.6 Å². The summed E-state index contributed by atoms with van der Waals surface area (Å²) in [7, 11) is 0. The first-order valence-electron chi connectivity index (χ1n) is 8.65. The van der Waals surface area contributed by atoms with Gasteiger partial charge in [0.05, 0.1) is 6.54 Å². The molecule has 0 radical (unpaired) electrons. The number of aliphatic imine (C=N–C) groups is 1. The second kappa shape index (κ2) is 7.47. The van der Waals surface area contributed by atoms with E-state index in [0.717, 1.165) is 31.3 Å². The van der Waals surface area contributed by atoms with Crippen LogP contribution in [0.4, 0.5) is 5.69 Å². The number of hydrogen-bond acceptors (Lipinski definition) is 4. The highest BCUT2D eigenvalue weighted by Gasteiger charge is 2.22. The quantitative estimate of drug-likeness (QED) is 0.676. The van der Waals surface area contributed by atoms with Gasteiger partial charge in [0.1, 0.15) is 0 Å². The maximum Gasteiger partial charge on any atom is 0.228 e. The van der Waals surface area contributed by atoms with E-state index in [4.69, 9.17) is 9.52 Å². The summed E-state index contributed by atoms with van der Waals surface area (Å²) in [5.41, 5.74) is 2.62. The summed E-state index contributed by atoms with van der Waals surface area (Å²) in [4.78, 5) is 11.4. The second-order valence-electron chi connectivity index (χ2n) is 6.22. The van der Waals surface area contributed by atoms with Crippen molar-refractivity contribution in [1.82, 2.24) is 15.5 Å². The fourth-order valence-corrected chi connectivity index (χ4v) is 2.81. The van der Waals surface area contributed by atoms with E-state index in [-0.39, 0.29) is 5.92 Å². The van der Waals surface area contributed by atoms with Crippen molar-refractivity contribution in [2.24, 2.45) is 4.99 Å². The molecule has 6 heteroatoms. The van der Waals surface area contributed by atoms with Crippen LogP contribution in [0, 0.1) is 0 Å². The largest absolute Gasteiger partial charge is 0.356 e. The Morgan fingerprint density at radius 1 is 1.38 bits per heavy atom. The van der Waals surface area contributed by atoms with Crippen LogP contribution in [-0.4, -0.2) is 35.7 Å². The Labute approximate surface area is 143 Å². The Balaban J connectivity index is 1.68. The van der Waals surface area contributed by atoms with Crippen LogP contribution < -0.4 is 10.2 Å². The minimum atomic E-state index is 0.282. The highest BCUT2D eigenvalue weighted by atomic mass is 16.5. The molecular weight excluding hydrogens is 302 g/mol. The van der Waals surface area contributed by atoms with Gasteiger partial charge in [0.15, 0.2) is 11.8 Å². The van der Waals surface area contributed by atoms with E-state index in [0.29, 0.717) is 18.9 Å². The maximum absolute atomic E-state index is 5.29. The number of benzene rings is 1. The molecule has 0 amide bonds. The van der Waals surface area contributed by atoms with Crippen LogP contribution in [0.25, 0.3) is 0 Å². The molecule has 2 aromatic rings. The molecule has 0 aliphatic carbocycles. The molecule has 0 spiro atoms. The fourth-order valence-electron chi connectivity index (χ4n) is 2.81. The first-order valence-corrected chi connectivity index (χ1v) is 8.65. The summed E-state index contributed by atoms with van der Waals surface area (Å²) in [6.45, 7) is 8.63. The summed E-state index contributed by atoms with van der Waals surface area (Å²) in [6, 6.07) is 8.51.